The lowest BCUT2D eigenvalue weighted by Crippen LogP contribution is -2.39. The SMILES string of the molecule is CCC(CC)(CO)CNS(=O)(=O)c1ccc(CBr)cc1. The lowest BCUT2D eigenvalue weighted by atomic mass is 9.84. The van der Waals surface area contributed by atoms with E-state index in [0.717, 1.165) is 18.4 Å². The van der Waals surface area contributed by atoms with Gasteiger partial charge in [0.15, 0.2) is 0 Å². The van der Waals surface area contributed by atoms with Crippen molar-refractivity contribution in [3.8, 4) is 0 Å². The number of hydrogen-bond acceptors (Lipinski definition) is 3. The van der Waals surface area contributed by atoms with Crippen LogP contribution < -0.4 is 4.72 Å². The maximum absolute atomic E-state index is 12.2. The van der Waals surface area contributed by atoms with Crippen molar-refractivity contribution in [2.45, 2.75) is 36.9 Å². The van der Waals surface area contributed by atoms with Crippen LogP contribution in [-0.4, -0.2) is 26.7 Å². The van der Waals surface area contributed by atoms with Gasteiger partial charge in [0.2, 0.25) is 10.0 Å². The average molecular weight is 364 g/mol. The molecule has 114 valence electrons. The van der Waals surface area contributed by atoms with E-state index >= 15 is 0 Å². The molecule has 0 heterocycles. The highest BCUT2D eigenvalue weighted by molar-refractivity contribution is 9.08. The van der Waals surface area contributed by atoms with Gasteiger partial charge < -0.3 is 5.11 Å². The van der Waals surface area contributed by atoms with Crippen molar-refractivity contribution in [3.63, 3.8) is 0 Å². The van der Waals surface area contributed by atoms with Gasteiger partial charge in [0, 0.05) is 23.9 Å². The number of hydrogen-bond donors (Lipinski definition) is 2. The van der Waals surface area contributed by atoms with Gasteiger partial charge in [-0.3, -0.25) is 0 Å². The zero-order chi connectivity index (χ0) is 15.2. The second-order valence-corrected chi connectivity index (χ2v) is 7.30. The zero-order valence-electron chi connectivity index (χ0n) is 11.9. The van der Waals surface area contributed by atoms with E-state index in [0.29, 0.717) is 5.33 Å². The van der Waals surface area contributed by atoms with Gasteiger partial charge in [0.1, 0.15) is 0 Å². The minimum Gasteiger partial charge on any atom is -0.396 e. The highest BCUT2D eigenvalue weighted by Crippen LogP contribution is 2.25. The maximum Gasteiger partial charge on any atom is 0.240 e. The van der Waals surface area contributed by atoms with Crippen LogP contribution in [0.4, 0.5) is 0 Å². The summed E-state index contributed by atoms with van der Waals surface area (Å²) >= 11 is 3.32. The summed E-state index contributed by atoms with van der Waals surface area (Å²) in [5.74, 6) is 0. The Morgan fingerprint density at radius 1 is 1.20 bits per heavy atom. The van der Waals surface area contributed by atoms with Gasteiger partial charge in [-0.25, -0.2) is 13.1 Å². The van der Waals surface area contributed by atoms with Crippen molar-refractivity contribution in [1.29, 1.82) is 0 Å². The van der Waals surface area contributed by atoms with Crippen LogP contribution in [0.1, 0.15) is 32.3 Å². The number of rotatable bonds is 8. The van der Waals surface area contributed by atoms with Crippen molar-refractivity contribution in [3.05, 3.63) is 29.8 Å². The largest absolute Gasteiger partial charge is 0.396 e. The van der Waals surface area contributed by atoms with E-state index < -0.39 is 10.0 Å². The van der Waals surface area contributed by atoms with E-state index in [2.05, 4.69) is 20.7 Å². The molecule has 0 atom stereocenters. The first kappa shape index (κ1) is 17.6. The molecule has 4 nitrogen and oxygen atoms in total. The van der Waals surface area contributed by atoms with Gasteiger partial charge in [-0.05, 0) is 30.5 Å². The van der Waals surface area contributed by atoms with Crippen LogP contribution in [0.5, 0.6) is 0 Å². The number of halogens is 1. The molecular formula is C14H22BrNO3S. The molecule has 1 aromatic carbocycles. The van der Waals surface area contributed by atoms with E-state index in [1.807, 2.05) is 13.8 Å². The first-order chi connectivity index (χ1) is 9.43. The van der Waals surface area contributed by atoms with Crippen molar-refractivity contribution in [1.82, 2.24) is 4.72 Å². The molecule has 0 aliphatic carbocycles. The number of aliphatic hydroxyl groups is 1. The van der Waals surface area contributed by atoms with Crippen molar-refractivity contribution in [2.75, 3.05) is 13.2 Å². The Labute approximate surface area is 129 Å². The van der Waals surface area contributed by atoms with Crippen molar-refractivity contribution >= 4 is 26.0 Å². The second kappa shape index (κ2) is 7.54. The van der Waals surface area contributed by atoms with Crippen LogP contribution in [0.15, 0.2) is 29.2 Å². The standard InChI is InChI=1S/C14H22BrNO3S/c1-3-14(4-2,11-17)10-16-20(18,19)13-7-5-12(9-15)6-8-13/h5-8,16-17H,3-4,9-11H2,1-2H3. The van der Waals surface area contributed by atoms with E-state index in [9.17, 15) is 13.5 Å². The number of sulfonamides is 1. The molecule has 20 heavy (non-hydrogen) atoms. The van der Waals surface area contributed by atoms with Crippen LogP contribution >= 0.6 is 15.9 Å². The van der Waals surface area contributed by atoms with E-state index in [-0.39, 0.29) is 23.5 Å². The minimum atomic E-state index is -3.53. The molecule has 0 fully saturated rings. The minimum absolute atomic E-state index is 0.0228. The highest BCUT2D eigenvalue weighted by Gasteiger charge is 2.27. The molecule has 0 saturated heterocycles. The fourth-order valence-corrected chi connectivity index (χ4v) is 3.40. The summed E-state index contributed by atoms with van der Waals surface area (Å²) in [6.07, 6.45) is 1.45. The van der Waals surface area contributed by atoms with Crippen LogP contribution in [0.2, 0.25) is 0 Å². The highest BCUT2D eigenvalue weighted by atomic mass is 79.9. The lowest BCUT2D eigenvalue weighted by molar-refractivity contribution is 0.119. The Hall–Kier alpha value is -0.430. The topological polar surface area (TPSA) is 66.4 Å². The fraction of sp³-hybridized carbons (Fsp3) is 0.571. The molecule has 0 spiro atoms. The molecule has 1 rings (SSSR count). The Morgan fingerprint density at radius 3 is 2.15 bits per heavy atom. The Morgan fingerprint density at radius 2 is 1.75 bits per heavy atom. The maximum atomic E-state index is 12.2. The van der Waals surface area contributed by atoms with Crippen LogP contribution in [0.3, 0.4) is 0 Å². The number of aliphatic hydroxyl groups excluding tert-OH is 1. The molecule has 0 unspecified atom stereocenters. The van der Waals surface area contributed by atoms with Crippen molar-refractivity contribution in [2.24, 2.45) is 5.41 Å². The second-order valence-electron chi connectivity index (χ2n) is 4.97. The third kappa shape index (κ3) is 4.28. The first-order valence-corrected chi connectivity index (χ1v) is 9.29. The zero-order valence-corrected chi connectivity index (χ0v) is 14.3. The molecule has 1 aromatic rings. The summed E-state index contributed by atoms with van der Waals surface area (Å²) in [5.41, 5.74) is 0.638. The number of benzene rings is 1. The summed E-state index contributed by atoms with van der Waals surface area (Å²) in [4.78, 5) is 0.251. The number of nitrogens with one attached hydrogen (secondary N) is 1. The quantitative estimate of drug-likeness (QED) is 0.697. The van der Waals surface area contributed by atoms with E-state index in [1.54, 1.807) is 24.3 Å². The summed E-state index contributed by atoms with van der Waals surface area (Å²) < 4.78 is 27.1. The summed E-state index contributed by atoms with van der Waals surface area (Å²) in [6.45, 7) is 4.14. The van der Waals surface area contributed by atoms with Gasteiger partial charge in [0.25, 0.3) is 0 Å². The third-order valence-electron chi connectivity index (χ3n) is 3.86. The van der Waals surface area contributed by atoms with E-state index in [4.69, 9.17) is 0 Å². The van der Waals surface area contributed by atoms with Gasteiger partial charge in [-0.15, -0.1) is 0 Å². The smallest absolute Gasteiger partial charge is 0.240 e. The summed E-state index contributed by atoms with van der Waals surface area (Å²) in [5, 5.41) is 10.2. The Balaban J connectivity index is 2.84. The molecule has 2 N–H and O–H groups in total. The molecule has 6 heteroatoms. The summed E-state index contributed by atoms with van der Waals surface area (Å²) in [6, 6.07) is 6.75. The van der Waals surface area contributed by atoms with Crippen LogP contribution in [-0.2, 0) is 15.4 Å². The summed E-state index contributed by atoms with van der Waals surface area (Å²) in [7, 11) is -3.53. The predicted molar refractivity (Wildman–Crippen MR) is 84.4 cm³/mol. The number of alkyl halides is 1. The average Bonchev–Trinajstić information content (AvgIpc) is 2.49. The van der Waals surface area contributed by atoms with Gasteiger partial charge in [-0.1, -0.05) is 41.9 Å². The van der Waals surface area contributed by atoms with Gasteiger partial charge in [-0.2, -0.15) is 0 Å². The van der Waals surface area contributed by atoms with E-state index in [1.165, 1.54) is 0 Å². The molecular weight excluding hydrogens is 342 g/mol. The molecule has 0 bridgehead atoms. The Kier molecular flexibility index (Phi) is 6.64. The van der Waals surface area contributed by atoms with Crippen molar-refractivity contribution < 1.29 is 13.5 Å². The third-order valence-corrected chi connectivity index (χ3v) is 5.93. The molecule has 0 aliphatic rings. The molecule has 0 aromatic heterocycles. The Bertz CT molecular complexity index is 501. The monoisotopic (exact) mass is 363 g/mol. The normalized spacial score (nSPS) is 12.6. The lowest BCUT2D eigenvalue weighted by Gasteiger charge is -2.29. The molecule has 0 radical (unpaired) electrons. The molecule has 0 aliphatic heterocycles. The predicted octanol–water partition coefficient (Wildman–Crippen LogP) is 2.66. The molecule has 0 saturated carbocycles. The van der Waals surface area contributed by atoms with Crippen LogP contribution in [0, 0.1) is 5.41 Å². The molecule has 0 amide bonds. The van der Waals surface area contributed by atoms with Gasteiger partial charge >= 0.3 is 0 Å². The fourth-order valence-electron chi connectivity index (χ4n) is 1.87. The van der Waals surface area contributed by atoms with Gasteiger partial charge in [0.05, 0.1) is 4.90 Å². The van der Waals surface area contributed by atoms with Crippen LogP contribution in [0.25, 0.3) is 0 Å². The first-order valence-electron chi connectivity index (χ1n) is 6.68.